The molecule has 0 aromatic heterocycles. The molecule has 0 saturated heterocycles. The van der Waals surface area contributed by atoms with E-state index < -0.39 is 0 Å². The van der Waals surface area contributed by atoms with Gasteiger partial charge in [0.1, 0.15) is 0 Å². The van der Waals surface area contributed by atoms with Gasteiger partial charge in [-0.3, -0.25) is 0 Å². The first-order valence-corrected chi connectivity index (χ1v) is 18.4. The third kappa shape index (κ3) is 5.32. The van der Waals surface area contributed by atoms with Crippen LogP contribution in [0, 0.1) is 13.8 Å². The van der Waals surface area contributed by atoms with Crippen molar-refractivity contribution in [3.8, 4) is 55.6 Å². The molecule has 1 heteroatoms. The molecule has 0 unspecified atom stereocenters. The van der Waals surface area contributed by atoms with Gasteiger partial charge in [-0.2, -0.15) is 0 Å². The third-order valence-corrected chi connectivity index (χ3v) is 11.0. The fourth-order valence-corrected chi connectivity index (χ4v) is 8.34. The first-order chi connectivity index (χ1) is 26.1. The van der Waals surface area contributed by atoms with Gasteiger partial charge in [0.05, 0.1) is 5.69 Å². The Hall–Kier alpha value is -6.70. The van der Waals surface area contributed by atoms with Crippen LogP contribution in [0.5, 0.6) is 0 Å². The smallest absolute Gasteiger partial charge is 0.0519 e. The number of hydrogen-bond acceptors (Lipinski definition) is 1. The summed E-state index contributed by atoms with van der Waals surface area (Å²) in [6, 6.07) is 69.0. The highest BCUT2D eigenvalue weighted by atomic mass is 15.1. The lowest BCUT2D eigenvalue weighted by atomic mass is 9.77. The molecule has 53 heavy (non-hydrogen) atoms. The molecule has 0 heterocycles. The number of nitrogens with zero attached hydrogens (tertiary/aromatic N) is 1. The maximum absolute atomic E-state index is 2.44. The summed E-state index contributed by atoms with van der Waals surface area (Å²) in [5, 5.41) is 5.03. The Balaban J connectivity index is 1.10. The van der Waals surface area contributed by atoms with Gasteiger partial charge in [0.2, 0.25) is 0 Å². The van der Waals surface area contributed by atoms with Gasteiger partial charge in [0, 0.05) is 11.4 Å². The minimum atomic E-state index is 1.15. The molecule has 0 bridgehead atoms. The van der Waals surface area contributed by atoms with Crippen molar-refractivity contribution in [3.63, 3.8) is 0 Å². The van der Waals surface area contributed by atoms with E-state index in [4.69, 9.17) is 0 Å². The van der Waals surface area contributed by atoms with Crippen molar-refractivity contribution >= 4 is 38.6 Å². The van der Waals surface area contributed by atoms with Crippen LogP contribution in [0.1, 0.15) is 11.1 Å². The van der Waals surface area contributed by atoms with E-state index in [1.807, 2.05) is 0 Å². The summed E-state index contributed by atoms with van der Waals surface area (Å²) < 4.78 is 0. The number of fused-ring (bicyclic) bond motifs is 6. The molecule has 0 amide bonds. The van der Waals surface area contributed by atoms with Crippen LogP contribution in [0.4, 0.5) is 17.1 Å². The number of hydrogen-bond donors (Lipinski definition) is 0. The zero-order valence-electron chi connectivity index (χ0n) is 29.8. The SMILES string of the molecule is Cc1cccc(C)c1N(c1cccc(-c2ccccc2)c1)c1ccc2cc3c(cc2c1)-c1cc2cc(-c4ccccc4)c(-c4ccccc4)cc2cc1-3. The van der Waals surface area contributed by atoms with Crippen molar-refractivity contribution in [2.75, 3.05) is 4.90 Å². The van der Waals surface area contributed by atoms with Crippen LogP contribution >= 0.6 is 0 Å². The Labute approximate surface area is 311 Å². The van der Waals surface area contributed by atoms with Gasteiger partial charge in [0.25, 0.3) is 0 Å². The van der Waals surface area contributed by atoms with Gasteiger partial charge in [-0.25, -0.2) is 0 Å². The average molecular weight is 676 g/mol. The van der Waals surface area contributed by atoms with Gasteiger partial charge < -0.3 is 4.90 Å². The van der Waals surface area contributed by atoms with E-state index in [0.29, 0.717) is 0 Å². The molecule has 0 radical (unpaired) electrons. The molecule has 1 aliphatic carbocycles. The van der Waals surface area contributed by atoms with Gasteiger partial charge >= 0.3 is 0 Å². The number of para-hydroxylation sites is 1. The van der Waals surface area contributed by atoms with Crippen molar-refractivity contribution in [1.29, 1.82) is 0 Å². The normalized spacial score (nSPS) is 11.6. The predicted octanol–water partition coefficient (Wildman–Crippen LogP) is 14.7. The van der Waals surface area contributed by atoms with E-state index in [2.05, 4.69) is 207 Å². The van der Waals surface area contributed by atoms with Crippen LogP contribution in [-0.4, -0.2) is 0 Å². The van der Waals surface area contributed by atoms with E-state index >= 15 is 0 Å². The van der Waals surface area contributed by atoms with Crippen molar-refractivity contribution < 1.29 is 0 Å². The zero-order chi connectivity index (χ0) is 35.5. The van der Waals surface area contributed by atoms with E-state index in [1.165, 1.54) is 94.0 Å². The molecule has 0 saturated carbocycles. The van der Waals surface area contributed by atoms with Crippen LogP contribution in [-0.2, 0) is 0 Å². The molecular formula is C52H37N. The molecule has 0 atom stereocenters. The van der Waals surface area contributed by atoms with Crippen LogP contribution in [0.2, 0.25) is 0 Å². The molecule has 250 valence electrons. The summed E-state index contributed by atoms with van der Waals surface area (Å²) in [5.74, 6) is 0. The molecular weight excluding hydrogens is 639 g/mol. The lowest BCUT2D eigenvalue weighted by Gasteiger charge is -2.30. The Morgan fingerprint density at radius 3 is 1.25 bits per heavy atom. The minimum Gasteiger partial charge on any atom is -0.310 e. The van der Waals surface area contributed by atoms with Crippen LogP contribution in [0.15, 0.2) is 188 Å². The molecule has 9 aromatic carbocycles. The van der Waals surface area contributed by atoms with Crippen molar-refractivity contribution in [1.82, 2.24) is 0 Å². The third-order valence-electron chi connectivity index (χ3n) is 11.0. The largest absolute Gasteiger partial charge is 0.310 e. The summed E-state index contributed by atoms with van der Waals surface area (Å²) in [6.45, 7) is 4.43. The second kappa shape index (κ2) is 12.5. The average Bonchev–Trinajstić information content (AvgIpc) is 3.21. The van der Waals surface area contributed by atoms with Crippen molar-refractivity contribution in [2.24, 2.45) is 0 Å². The molecule has 1 nitrogen and oxygen atoms in total. The lowest BCUT2D eigenvalue weighted by Crippen LogP contribution is -2.13. The van der Waals surface area contributed by atoms with Crippen LogP contribution in [0.3, 0.4) is 0 Å². The number of aryl methyl sites for hydroxylation is 2. The quantitative estimate of drug-likeness (QED) is 0.170. The highest BCUT2D eigenvalue weighted by molar-refractivity contribution is 6.13. The van der Waals surface area contributed by atoms with E-state index in [-0.39, 0.29) is 0 Å². The molecule has 0 fully saturated rings. The lowest BCUT2D eigenvalue weighted by molar-refractivity contribution is 1.22. The summed E-state index contributed by atoms with van der Waals surface area (Å²) in [7, 11) is 0. The summed E-state index contributed by atoms with van der Waals surface area (Å²) in [4.78, 5) is 2.44. The molecule has 0 aliphatic heterocycles. The highest BCUT2D eigenvalue weighted by Crippen LogP contribution is 2.52. The Bertz CT molecular complexity index is 2810. The predicted molar refractivity (Wildman–Crippen MR) is 226 cm³/mol. The molecule has 10 rings (SSSR count). The Morgan fingerprint density at radius 2 is 0.698 bits per heavy atom. The maximum atomic E-state index is 2.44. The second-order valence-corrected chi connectivity index (χ2v) is 14.3. The Morgan fingerprint density at radius 1 is 0.283 bits per heavy atom. The van der Waals surface area contributed by atoms with E-state index in [1.54, 1.807) is 0 Å². The standard InChI is InChI=1S/C52H37N/c1-34-14-12-15-35(2)52(34)53(44-23-13-22-39(26-44)36-16-6-3-7-17-36)45-25-24-40-28-48-49(31-41(40)27-45)51-33-43-30-47(38-20-10-5-11-21-38)46(29-42(43)32-50(48)51)37-18-8-4-9-19-37/h3-33H,1-2H3. The van der Waals surface area contributed by atoms with Gasteiger partial charge in [0.15, 0.2) is 0 Å². The first kappa shape index (κ1) is 31.1. The molecule has 1 aliphatic rings. The number of rotatable bonds is 6. The minimum absolute atomic E-state index is 1.15. The zero-order valence-corrected chi connectivity index (χ0v) is 29.8. The second-order valence-electron chi connectivity index (χ2n) is 14.3. The van der Waals surface area contributed by atoms with Crippen LogP contribution < -0.4 is 4.90 Å². The highest BCUT2D eigenvalue weighted by Gasteiger charge is 2.25. The fraction of sp³-hybridized carbons (Fsp3) is 0.0385. The molecule has 0 N–H and O–H groups in total. The Kier molecular flexibility index (Phi) is 7.33. The topological polar surface area (TPSA) is 3.24 Å². The van der Waals surface area contributed by atoms with Gasteiger partial charge in [-0.15, -0.1) is 0 Å². The number of benzene rings is 9. The first-order valence-electron chi connectivity index (χ1n) is 18.4. The maximum Gasteiger partial charge on any atom is 0.0519 e. The summed E-state index contributed by atoms with van der Waals surface area (Å²) in [6.07, 6.45) is 0. The van der Waals surface area contributed by atoms with E-state index in [0.717, 1.165) is 11.4 Å². The summed E-state index contributed by atoms with van der Waals surface area (Å²) in [5.41, 5.74) is 18.7. The fourth-order valence-electron chi connectivity index (χ4n) is 8.34. The van der Waals surface area contributed by atoms with Gasteiger partial charge in [-0.05, 0) is 163 Å². The van der Waals surface area contributed by atoms with Gasteiger partial charge in [-0.1, -0.05) is 127 Å². The summed E-state index contributed by atoms with van der Waals surface area (Å²) >= 11 is 0. The van der Waals surface area contributed by atoms with Crippen molar-refractivity contribution in [2.45, 2.75) is 13.8 Å². The van der Waals surface area contributed by atoms with Crippen LogP contribution in [0.25, 0.3) is 77.2 Å². The monoisotopic (exact) mass is 675 g/mol. The molecule has 9 aromatic rings. The number of anilines is 3. The molecule has 0 spiro atoms. The van der Waals surface area contributed by atoms with E-state index in [9.17, 15) is 0 Å². The van der Waals surface area contributed by atoms with Crippen molar-refractivity contribution in [3.05, 3.63) is 199 Å².